The number of benzene rings is 1. The summed E-state index contributed by atoms with van der Waals surface area (Å²) in [6.07, 6.45) is 3.74. The van der Waals surface area contributed by atoms with Crippen molar-refractivity contribution in [2.24, 2.45) is 5.92 Å². The third-order valence-electron chi connectivity index (χ3n) is 5.63. The predicted molar refractivity (Wildman–Crippen MR) is 105 cm³/mol. The van der Waals surface area contributed by atoms with Crippen LogP contribution in [0, 0.1) is 5.92 Å². The lowest BCUT2D eigenvalue weighted by molar-refractivity contribution is 0.0295. The van der Waals surface area contributed by atoms with Crippen LogP contribution in [0.3, 0.4) is 0 Å². The summed E-state index contributed by atoms with van der Waals surface area (Å²) in [5.74, 6) is 0.704. The Labute approximate surface area is 160 Å². The van der Waals surface area contributed by atoms with Gasteiger partial charge < -0.3 is 14.6 Å². The number of fused-ring (bicyclic) bond motifs is 4. The lowest BCUT2D eigenvalue weighted by Gasteiger charge is -2.45. The highest BCUT2D eigenvalue weighted by atomic mass is 35.5. The summed E-state index contributed by atoms with van der Waals surface area (Å²) in [5.41, 5.74) is 1.92. The lowest BCUT2D eigenvalue weighted by atomic mass is 9.86. The first-order valence-electron chi connectivity index (χ1n) is 9.39. The molecular weight excluding hydrogens is 352 g/mol. The molecule has 7 heteroatoms. The smallest absolute Gasteiger partial charge is 0.298 e. The highest BCUT2D eigenvalue weighted by Gasteiger charge is 2.34. The van der Waals surface area contributed by atoms with Gasteiger partial charge in [-0.2, -0.15) is 4.98 Å². The van der Waals surface area contributed by atoms with E-state index in [1.807, 2.05) is 23.1 Å². The SMILES string of the molecule is CCN(CC)c1nc2c(C(=O)N[C@@H]3CC4CCN3CC4)cccc2o1.Cl. The minimum Gasteiger partial charge on any atom is -0.423 e. The van der Waals surface area contributed by atoms with Crippen LogP contribution in [0.15, 0.2) is 22.6 Å². The Bertz CT molecular complexity index is 766. The van der Waals surface area contributed by atoms with Gasteiger partial charge in [-0.05, 0) is 51.2 Å². The maximum absolute atomic E-state index is 12.9. The minimum atomic E-state index is -0.0532. The normalized spacial score (nSPS) is 24.3. The first-order valence-corrected chi connectivity index (χ1v) is 9.39. The van der Waals surface area contributed by atoms with E-state index in [1.54, 1.807) is 0 Å². The highest BCUT2D eigenvalue weighted by molar-refractivity contribution is 6.04. The van der Waals surface area contributed by atoms with Gasteiger partial charge in [-0.15, -0.1) is 12.4 Å². The van der Waals surface area contributed by atoms with Crippen molar-refractivity contribution in [1.29, 1.82) is 0 Å². The summed E-state index contributed by atoms with van der Waals surface area (Å²) in [5, 5.41) is 3.22. The average molecular weight is 379 g/mol. The molecular formula is C19H27ClN4O2. The van der Waals surface area contributed by atoms with Crippen molar-refractivity contribution in [1.82, 2.24) is 15.2 Å². The predicted octanol–water partition coefficient (Wildman–Crippen LogP) is 3.27. The molecule has 0 saturated carbocycles. The summed E-state index contributed by atoms with van der Waals surface area (Å²) in [4.78, 5) is 21.9. The maximum Gasteiger partial charge on any atom is 0.298 e. The maximum atomic E-state index is 12.9. The molecule has 1 amide bonds. The van der Waals surface area contributed by atoms with Gasteiger partial charge in [-0.25, -0.2) is 0 Å². The average Bonchev–Trinajstić information content (AvgIpc) is 3.07. The van der Waals surface area contributed by atoms with Gasteiger partial charge in [-0.1, -0.05) is 6.07 Å². The van der Waals surface area contributed by atoms with E-state index in [9.17, 15) is 4.79 Å². The Morgan fingerprint density at radius 2 is 2.04 bits per heavy atom. The largest absolute Gasteiger partial charge is 0.423 e. The van der Waals surface area contributed by atoms with Crippen LogP contribution in [-0.4, -0.2) is 48.1 Å². The van der Waals surface area contributed by atoms with E-state index in [0.29, 0.717) is 22.7 Å². The van der Waals surface area contributed by atoms with Gasteiger partial charge in [0.05, 0.1) is 11.7 Å². The number of anilines is 1. The highest BCUT2D eigenvalue weighted by Crippen LogP contribution is 2.31. The zero-order chi connectivity index (χ0) is 17.4. The number of para-hydroxylation sites is 1. The van der Waals surface area contributed by atoms with E-state index in [1.165, 1.54) is 12.8 Å². The van der Waals surface area contributed by atoms with Crippen LogP contribution < -0.4 is 10.2 Å². The van der Waals surface area contributed by atoms with Gasteiger partial charge in [-0.3, -0.25) is 9.69 Å². The van der Waals surface area contributed by atoms with Crippen LogP contribution in [0.25, 0.3) is 11.1 Å². The number of hydrogen-bond acceptors (Lipinski definition) is 5. The molecule has 3 aliphatic rings. The van der Waals surface area contributed by atoms with Crippen molar-refractivity contribution in [3.63, 3.8) is 0 Å². The summed E-state index contributed by atoms with van der Waals surface area (Å²) in [6.45, 7) is 7.97. The molecule has 2 bridgehead atoms. The van der Waals surface area contributed by atoms with Gasteiger partial charge in [0.25, 0.3) is 11.9 Å². The molecule has 4 heterocycles. The second-order valence-corrected chi connectivity index (χ2v) is 7.03. The number of nitrogens with one attached hydrogen (secondary N) is 1. The number of piperidine rings is 3. The second-order valence-electron chi connectivity index (χ2n) is 7.03. The Hall–Kier alpha value is -1.79. The van der Waals surface area contributed by atoms with Crippen molar-refractivity contribution in [2.75, 3.05) is 31.1 Å². The van der Waals surface area contributed by atoms with Crippen LogP contribution in [0.5, 0.6) is 0 Å². The van der Waals surface area contributed by atoms with Crippen LogP contribution >= 0.6 is 12.4 Å². The van der Waals surface area contributed by atoms with Crippen LogP contribution in [0.2, 0.25) is 0 Å². The Kier molecular flexibility index (Phi) is 5.73. The van der Waals surface area contributed by atoms with E-state index < -0.39 is 0 Å². The molecule has 2 aromatic rings. The molecule has 0 spiro atoms. The van der Waals surface area contributed by atoms with Gasteiger partial charge >= 0.3 is 0 Å². The van der Waals surface area contributed by atoms with Crippen molar-refractivity contribution in [3.05, 3.63) is 23.8 Å². The van der Waals surface area contributed by atoms with Crippen molar-refractivity contribution < 1.29 is 9.21 Å². The number of aromatic nitrogens is 1. The topological polar surface area (TPSA) is 61.6 Å². The standard InChI is InChI=1S/C19H26N4O2.ClH/c1-3-22(4-2)19-21-17-14(6-5-7-15(17)25-19)18(24)20-16-12-13-8-10-23(16)11-9-13;/h5-7,13,16H,3-4,8-12H2,1-2H3,(H,20,24);1H/t16-;/m0./s1. The fourth-order valence-electron chi connectivity index (χ4n) is 4.09. The van der Waals surface area contributed by atoms with Gasteiger partial charge in [0.1, 0.15) is 5.52 Å². The fraction of sp³-hybridized carbons (Fsp3) is 0.579. The van der Waals surface area contributed by atoms with E-state index in [0.717, 1.165) is 38.5 Å². The van der Waals surface area contributed by atoms with E-state index in [-0.39, 0.29) is 24.5 Å². The summed E-state index contributed by atoms with van der Waals surface area (Å²) >= 11 is 0. The minimum absolute atomic E-state index is 0. The number of hydrogen-bond donors (Lipinski definition) is 1. The van der Waals surface area contributed by atoms with E-state index >= 15 is 0 Å². The van der Waals surface area contributed by atoms with Crippen LogP contribution in [0.1, 0.15) is 43.5 Å². The molecule has 0 aliphatic carbocycles. The monoisotopic (exact) mass is 378 g/mol. The number of rotatable bonds is 5. The Morgan fingerprint density at radius 3 is 2.65 bits per heavy atom. The molecule has 3 fully saturated rings. The molecule has 26 heavy (non-hydrogen) atoms. The van der Waals surface area contributed by atoms with Crippen LogP contribution in [-0.2, 0) is 0 Å². The molecule has 1 atom stereocenters. The van der Waals surface area contributed by atoms with Crippen LogP contribution in [0.4, 0.5) is 6.01 Å². The molecule has 5 rings (SSSR count). The number of carbonyl (C=O) groups is 1. The third kappa shape index (κ3) is 3.40. The fourth-order valence-corrected chi connectivity index (χ4v) is 4.09. The van der Waals surface area contributed by atoms with Gasteiger partial charge in [0.15, 0.2) is 5.58 Å². The molecule has 1 aromatic heterocycles. The number of amides is 1. The van der Waals surface area contributed by atoms with Gasteiger partial charge in [0.2, 0.25) is 0 Å². The molecule has 1 aromatic carbocycles. The number of halogens is 1. The Morgan fingerprint density at radius 1 is 1.31 bits per heavy atom. The van der Waals surface area contributed by atoms with E-state index in [2.05, 4.69) is 29.0 Å². The van der Waals surface area contributed by atoms with Crippen molar-refractivity contribution in [3.8, 4) is 0 Å². The molecule has 142 valence electrons. The second kappa shape index (κ2) is 7.84. The number of oxazole rings is 1. The summed E-state index contributed by atoms with van der Waals surface area (Å²) in [6, 6.07) is 6.16. The molecule has 6 nitrogen and oxygen atoms in total. The number of nitrogens with zero attached hydrogens (tertiary/aromatic N) is 3. The first kappa shape index (κ1) is 19.0. The summed E-state index contributed by atoms with van der Waals surface area (Å²) < 4.78 is 5.87. The lowest BCUT2D eigenvalue weighted by Crippen LogP contribution is -2.56. The molecule has 1 N–H and O–H groups in total. The quantitative estimate of drug-likeness (QED) is 0.865. The molecule has 3 saturated heterocycles. The number of carbonyl (C=O) groups excluding carboxylic acids is 1. The zero-order valence-corrected chi connectivity index (χ0v) is 16.2. The first-order chi connectivity index (χ1) is 12.2. The molecule has 0 unspecified atom stereocenters. The van der Waals surface area contributed by atoms with Crippen molar-refractivity contribution >= 4 is 35.4 Å². The zero-order valence-electron chi connectivity index (χ0n) is 15.4. The Balaban J connectivity index is 0.00000196. The van der Waals surface area contributed by atoms with E-state index in [4.69, 9.17) is 4.42 Å². The van der Waals surface area contributed by atoms with Crippen molar-refractivity contribution in [2.45, 2.75) is 39.3 Å². The summed E-state index contributed by atoms with van der Waals surface area (Å²) in [7, 11) is 0. The third-order valence-corrected chi connectivity index (χ3v) is 5.63. The van der Waals surface area contributed by atoms with Gasteiger partial charge in [0, 0.05) is 26.2 Å². The molecule has 3 aliphatic heterocycles. The molecule has 0 radical (unpaired) electrons.